The summed E-state index contributed by atoms with van der Waals surface area (Å²) in [5.41, 5.74) is 0. The smallest absolute Gasteiger partial charge is 0.316 e. The topological polar surface area (TPSA) is 94.3 Å². The lowest BCUT2D eigenvalue weighted by Crippen LogP contribution is -2.51. The number of carbonyl (C=O) groups is 2. The molecule has 2 heterocycles. The van der Waals surface area contributed by atoms with Gasteiger partial charge in [0.25, 0.3) is 0 Å². The van der Waals surface area contributed by atoms with Gasteiger partial charge in [0.05, 0.1) is 13.1 Å². The third-order valence-corrected chi connectivity index (χ3v) is 1.95. The summed E-state index contributed by atoms with van der Waals surface area (Å²) in [6, 6.07) is -0.371. The van der Waals surface area contributed by atoms with Crippen molar-refractivity contribution in [3.05, 3.63) is 0 Å². The fourth-order valence-electron chi connectivity index (χ4n) is 1.35. The normalized spacial score (nSPS) is 32.0. The molecule has 0 radical (unpaired) electrons. The lowest BCUT2D eigenvalue weighted by atomic mass is 10.4. The van der Waals surface area contributed by atoms with Gasteiger partial charge in [-0.25, -0.2) is 9.59 Å². The van der Waals surface area contributed by atoms with Crippen molar-refractivity contribution in [3.63, 3.8) is 0 Å². The second kappa shape index (κ2) is 3.09. The molecule has 0 bridgehead atoms. The standard InChI is InChI=1S/C6H11N5O2/c12-5-7-1-3(10-5)9-4-2-8-6(13)11-4/h3-4,9H,1-2H2,(H2,7,10,12)(H2,8,11,13). The quantitative estimate of drug-likeness (QED) is 0.339. The summed E-state index contributed by atoms with van der Waals surface area (Å²) in [7, 11) is 0. The molecular weight excluding hydrogens is 174 g/mol. The number of hydrogen-bond donors (Lipinski definition) is 5. The Bertz CT molecular complexity index is 219. The van der Waals surface area contributed by atoms with E-state index in [1.165, 1.54) is 0 Å². The first-order chi connectivity index (χ1) is 6.24. The third kappa shape index (κ3) is 1.81. The molecule has 13 heavy (non-hydrogen) atoms. The molecule has 2 atom stereocenters. The SMILES string of the molecule is O=C1NCC(NC2CNC(=O)N2)N1. The van der Waals surface area contributed by atoms with Crippen molar-refractivity contribution < 1.29 is 9.59 Å². The molecule has 2 saturated heterocycles. The number of carbonyl (C=O) groups excluding carboxylic acids is 2. The fourth-order valence-corrected chi connectivity index (χ4v) is 1.35. The molecule has 72 valence electrons. The van der Waals surface area contributed by atoms with E-state index in [1.807, 2.05) is 0 Å². The average Bonchev–Trinajstić information content (AvgIpc) is 2.62. The maximum atomic E-state index is 10.7. The van der Waals surface area contributed by atoms with Gasteiger partial charge in [-0.3, -0.25) is 5.32 Å². The highest BCUT2D eigenvalue weighted by molar-refractivity contribution is 5.77. The lowest BCUT2D eigenvalue weighted by molar-refractivity contribution is 0.245. The molecule has 2 aliphatic rings. The summed E-state index contributed by atoms with van der Waals surface area (Å²) in [5.74, 6) is 0. The van der Waals surface area contributed by atoms with Gasteiger partial charge < -0.3 is 21.3 Å². The van der Waals surface area contributed by atoms with E-state index in [-0.39, 0.29) is 24.4 Å². The van der Waals surface area contributed by atoms with Crippen molar-refractivity contribution in [2.45, 2.75) is 12.3 Å². The molecule has 7 nitrogen and oxygen atoms in total. The van der Waals surface area contributed by atoms with E-state index in [0.717, 1.165) is 0 Å². The molecule has 0 saturated carbocycles. The van der Waals surface area contributed by atoms with Crippen LogP contribution in [0.3, 0.4) is 0 Å². The second-order valence-electron chi connectivity index (χ2n) is 2.98. The summed E-state index contributed by atoms with van der Waals surface area (Å²) < 4.78 is 0. The molecule has 2 aliphatic heterocycles. The van der Waals surface area contributed by atoms with Gasteiger partial charge in [-0.2, -0.15) is 0 Å². The Balaban J connectivity index is 1.78. The number of nitrogens with one attached hydrogen (secondary N) is 5. The van der Waals surface area contributed by atoms with E-state index in [4.69, 9.17) is 0 Å². The van der Waals surface area contributed by atoms with Crippen LogP contribution < -0.4 is 26.6 Å². The summed E-state index contributed by atoms with van der Waals surface area (Å²) in [4.78, 5) is 21.5. The van der Waals surface area contributed by atoms with Crippen LogP contribution >= 0.6 is 0 Å². The van der Waals surface area contributed by atoms with Crippen molar-refractivity contribution in [1.82, 2.24) is 26.6 Å². The molecule has 2 unspecified atom stereocenters. The summed E-state index contributed by atoms with van der Waals surface area (Å²) >= 11 is 0. The Kier molecular flexibility index (Phi) is 1.93. The van der Waals surface area contributed by atoms with Crippen LogP contribution in [-0.2, 0) is 0 Å². The zero-order chi connectivity index (χ0) is 9.26. The van der Waals surface area contributed by atoms with Gasteiger partial charge in [0.1, 0.15) is 12.3 Å². The first-order valence-corrected chi connectivity index (χ1v) is 4.09. The Morgan fingerprint density at radius 2 is 1.46 bits per heavy atom. The van der Waals surface area contributed by atoms with E-state index in [1.54, 1.807) is 0 Å². The van der Waals surface area contributed by atoms with E-state index in [2.05, 4.69) is 26.6 Å². The van der Waals surface area contributed by atoms with Crippen molar-refractivity contribution in [2.24, 2.45) is 0 Å². The van der Waals surface area contributed by atoms with Crippen LogP contribution in [0.5, 0.6) is 0 Å². The molecule has 4 amide bonds. The lowest BCUT2D eigenvalue weighted by Gasteiger charge is -2.16. The van der Waals surface area contributed by atoms with Gasteiger partial charge >= 0.3 is 12.1 Å². The third-order valence-electron chi connectivity index (χ3n) is 1.95. The highest BCUT2D eigenvalue weighted by Crippen LogP contribution is 1.91. The molecule has 0 aromatic rings. The highest BCUT2D eigenvalue weighted by atomic mass is 16.2. The van der Waals surface area contributed by atoms with E-state index < -0.39 is 0 Å². The molecule has 5 N–H and O–H groups in total. The van der Waals surface area contributed by atoms with Crippen LogP contribution in [0.25, 0.3) is 0 Å². The Morgan fingerprint density at radius 3 is 1.77 bits per heavy atom. The highest BCUT2D eigenvalue weighted by Gasteiger charge is 2.26. The number of rotatable bonds is 2. The maximum Gasteiger partial charge on any atom is 0.316 e. The van der Waals surface area contributed by atoms with Gasteiger partial charge in [-0.1, -0.05) is 0 Å². The van der Waals surface area contributed by atoms with Crippen LogP contribution in [0.4, 0.5) is 9.59 Å². The monoisotopic (exact) mass is 185 g/mol. The van der Waals surface area contributed by atoms with Crippen LogP contribution in [0, 0.1) is 0 Å². The Labute approximate surface area is 74.6 Å². The fraction of sp³-hybridized carbons (Fsp3) is 0.667. The Hall–Kier alpha value is -1.50. The maximum absolute atomic E-state index is 10.7. The first kappa shape index (κ1) is 8.11. The molecule has 0 spiro atoms. The van der Waals surface area contributed by atoms with Gasteiger partial charge in [-0.05, 0) is 0 Å². The number of amides is 4. The van der Waals surface area contributed by atoms with Crippen molar-refractivity contribution in [3.8, 4) is 0 Å². The predicted molar refractivity (Wildman–Crippen MR) is 43.8 cm³/mol. The van der Waals surface area contributed by atoms with Crippen LogP contribution in [0.1, 0.15) is 0 Å². The number of hydrogen-bond acceptors (Lipinski definition) is 3. The summed E-state index contributed by atoms with van der Waals surface area (Å²) in [5, 5.41) is 13.6. The van der Waals surface area contributed by atoms with E-state index >= 15 is 0 Å². The molecule has 2 fully saturated rings. The minimum Gasteiger partial charge on any atom is -0.335 e. The first-order valence-electron chi connectivity index (χ1n) is 4.09. The van der Waals surface area contributed by atoms with Gasteiger partial charge in [0.15, 0.2) is 0 Å². The molecular formula is C6H11N5O2. The van der Waals surface area contributed by atoms with Gasteiger partial charge in [-0.15, -0.1) is 0 Å². The molecule has 7 heteroatoms. The van der Waals surface area contributed by atoms with Crippen molar-refractivity contribution in [2.75, 3.05) is 13.1 Å². The molecule has 0 aromatic heterocycles. The van der Waals surface area contributed by atoms with Gasteiger partial charge in [0.2, 0.25) is 0 Å². The van der Waals surface area contributed by atoms with Crippen LogP contribution in [0.2, 0.25) is 0 Å². The van der Waals surface area contributed by atoms with Gasteiger partial charge in [0, 0.05) is 0 Å². The van der Waals surface area contributed by atoms with Crippen molar-refractivity contribution in [1.29, 1.82) is 0 Å². The van der Waals surface area contributed by atoms with E-state index in [0.29, 0.717) is 13.1 Å². The van der Waals surface area contributed by atoms with Crippen LogP contribution in [0.15, 0.2) is 0 Å². The van der Waals surface area contributed by atoms with Crippen molar-refractivity contribution >= 4 is 12.1 Å². The number of urea groups is 2. The predicted octanol–water partition coefficient (Wildman–Crippen LogP) is -2.15. The van der Waals surface area contributed by atoms with E-state index in [9.17, 15) is 9.59 Å². The average molecular weight is 185 g/mol. The second-order valence-corrected chi connectivity index (χ2v) is 2.98. The van der Waals surface area contributed by atoms with Crippen LogP contribution in [-0.4, -0.2) is 37.5 Å². The Morgan fingerprint density at radius 1 is 1.00 bits per heavy atom. The minimum atomic E-state index is -0.185. The molecule has 2 rings (SSSR count). The molecule has 0 aliphatic carbocycles. The molecule has 0 aromatic carbocycles. The summed E-state index contributed by atoms with van der Waals surface area (Å²) in [6.07, 6.45) is -0.226. The largest absolute Gasteiger partial charge is 0.335 e. The summed E-state index contributed by atoms with van der Waals surface area (Å²) in [6.45, 7) is 1.07. The zero-order valence-electron chi connectivity index (χ0n) is 6.89. The zero-order valence-corrected chi connectivity index (χ0v) is 6.89. The minimum absolute atomic E-state index is 0.113.